The molecule has 1 fully saturated rings. The summed E-state index contributed by atoms with van der Waals surface area (Å²) in [4.78, 5) is 29.7. The van der Waals surface area contributed by atoms with E-state index in [-0.39, 0.29) is 29.5 Å². The summed E-state index contributed by atoms with van der Waals surface area (Å²) >= 11 is 1.79. The third kappa shape index (κ3) is 6.85. The van der Waals surface area contributed by atoms with Gasteiger partial charge in [0.1, 0.15) is 0 Å². The Balaban J connectivity index is 1.47. The number of nitrogens with zero attached hydrogens (tertiary/aromatic N) is 1. The second-order valence-corrected chi connectivity index (χ2v) is 11.8. The molecule has 0 aromatic heterocycles. The molecule has 0 N–H and O–H groups in total. The molecule has 198 valence electrons. The van der Waals surface area contributed by atoms with Crippen LogP contribution in [0.5, 0.6) is 0 Å². The Morgan fingerprint density at radius 2 is 1.76 bits per heavy atom. The summed E-state index contributed by atoms with van der Waals surface area (Å²) in [7, 11) is 0. The molecule has 0 radical (unpaired) electrons. The maximum atomic E-state index is 13.7. The van der Waals surface area contributed by atoms with E-state index in [9.17, 15) is 9.59 Å². The third-order valence-corrected chi connectivity index (χ3v) is 8.18. The lowest BCUT2D eigenvalue weighted by molar-refractivity contribution is -0.164. The van der Waals surface area contributed by atoms with Crippen LogP contribution < -0.4 is 0 Å². The van der Waals surface area contributed by atoms with Crippen LogP contribution >= 0.6 is 11.8 Å². The lowest BCUT2D eigenvalue weighted by Gasteiger charge is -2.35. The minimum Gasteiger partial charge on any atom is -0.481 e. The molecule has 0 amide bonds. The van der Waals surface area contributed by atoms with Crippen LogP contribution in [0.4, 0.5) is 0 Å². The summed E-state index contributed by atoms with van der Waals surface area (Å²) in [6.45, 7) is 10.2. The topological polar surface area (TPSA) is 55.8 Å². The number of ether oxygens (including phenoxy) is 2. The van der Waals surface area contributed by atoms with Crippen molar-refractivity contribution in [3.63, 3.8) is 0 Å². The van der Waals surface area contributed by atoms with Crippen molar-refractivity contribution in [2.45, 2.75) is 57.6 Å². The number of likely N-dealkylation sites (tertiary alicyclic amines) is 1. The molecule has 5 nitrogen and oxygen atoms in total. The molecule has 0 spiro atoms. The Bertz CT molecular complexity index is 1100. The molecule has 37 heavy (non-hydrogen) atoms. The standard InChI is InChI=1S/C31H39NO4S/c1-5-35-30(34)31(3,4)36-28-17-14-24(28)18-25-20-32(19-22-10-8-7-9-11-22)21-27(25)29(33)23-12-15-26(16-13-23)37-6-2/h7-13,15-17,24-25,27H,5-6,14,18-21H2,1-4H3/t24-,25-,27?/m0/s1. The maximum absolute atomic E-state index is 13.7. The average Bonchev–Trinajstić information content (AvgIpc) is 3.28. The lowest BCUT2D eigenvalue weighted by atomic mass is 9.78. The first-order valence-corrected chi connectivity index (χ1v) is 14.4. The number of thioether (sulfide) groups is 1. The highest BCUT2D eigenvalue weighted by molar-refractivity contribution is 7.99. The molecule has 4 rings (SSSR count). The van der Waals surface area contributed by atoms with E-state index in [1.807, 2.05) is 18.2 Å². The molecule has 1 aliphatic carbocycles. The molecule has 2 aliphatic rings. The zero-order chi connectivity index (χ0) is 26.4. The fourth-order valence-corrected chi connectivity index (χ4v) is 5.95. The van der Waals surface area contributed by atoms with E-state index < -0.39 is 5.60 Å². The van der Waals surface area contributed by atoms with Crippen molar-refractivity contribution in [3.05, 3.63) is 77.6 Å². The number of hydrogen-bond donors (Lipinski definition) is 0. The maximum Gasteiger partial charge on any atom is 0.349 e. The Morgan fingerprint density at radius 3 is 2.38 bits per heavy atom. The summed E-state index contributed by atoms with van der Waals surface area (Å²) < 4.78 is 11.3. The van der Waals surface area contributed by atoms with E-state index in [2.05, 4.69) is 54.3 Å². The van der Waals surface area contributed by atoms with Gasteiger partial charge in [0, 0.05) is 41.9 Å². The van der Waals surface area contributed by atoms with E-state index in [1.165, 1.54) is 10.5 Å². The van der Waals surface area contributed by atoms with Gasteiger partial charge in [-0.3, -0.25) is 9.69 Å². The van der Waals surface area contributed by atoms with Crippen molar-refractivity contribution < 1.29 is 19.1 Å². The molecule has 1 unspecified atom stereocenters. The normalized spacial score (nSPS) is 21.7. The van der Waals surface area contributed by atoms with Gasteiger partial charge in [-0.25, -0.2) is 4.79 Å². The van der Waals surface area contributed by atoms with Crippen LogP contribution in [0.3, 0.4) is 0 Å². The Hall–Kier alpha value is -2.57. The Kier molecular flexibility index (Phi) is 9.14. The molecule has 2 aromatic rings. The van der Waals surface area contributed by atoms with Gasteiger partial charge >= 0.3 is 5.97 Å². The molecule has 1 aliphatic heterocycles. The number of ketones is 1. The Morgan fingerprint density at radius 1 is 1.03 bits per heavy atom. The summed E-state index contributed by atoms with van der Waals surface area (Å²) in [5, 5.41) is 0. The Labute approximate surface area is 225 Å². The van der Waals surface area contributed by atoms with Crippen molar-refractivity contribution in [2.75, 3.05) is 25.4 Å². The van der Waals surface area contributed by atoms with Gasteiger partial charge in [0.05, 0.1) is 12.4 Å². The number of hydrogen-bond acceptors (Lipinski definition) is 6. The largest absolute Gasteiger partial charge is 0.481 e. The summed E-state index contributed by atoms with van der Waals surface area (Å²) in [6, 6.07) is 18.5. The molecule has 1 heterocycles. The van der Waals surface area contributed by atoms with E-state index >= 15 is 0 Å². The second kappa shape index (κ2) is 12.3. The van der Waals surface area contributed by atoms with Gasteiger partial charge in [-0.05, 0) is 69.1 Å². The molecule has 2 aromatic carbocycles. The molecule has 1 saturated heterocycles. The molecule has 0 saturated carbocycles. The third-order valence-electron chi connectivity index (χ3n) is 7.29. The first-order chi connectivity index (χ1) is 17.8. The van der Waals surface area contributed by atoms with Gasteiger partial charge in [-0.15, -0.1) is 11.8 Å². The summed E-state index contributed by atoms with van der Waals surface area (Å²) in [6.07, 6.45) is 3.84. The van der Waals surface area contributed by atoms with Crippen molar-refractivity contribution in [1.29, 1.82) is 0 Å². The van der Waals surface area contributed by atoms with Gasteiger partial charge in [0.15, 0.2) is 11.4 Å². The van der Waals surface area contributed by atoms with Crippen LogP contribution in [0.2, 0.25) is 0 Å². The smallest absolute Gasteiger partial charge is 0.349 e. The van der Waals surface area contributed by atoms with Gasteiger partial charge in [-0.2, -0.15) is 0 Å². The number of carbonyl (C=O) groups is 2. The number of allylic oxidation sites excluding steroid dienone is 2. The minimum atomic E-state index is -1.02. The van der Waals surface area contributed by atoms with Crippen LogP contribution in [0.15, 0.2) is 71.3 Å². The van der Waals surface area contributed by atoms with Gasteiger partial charge < -0.3 is 9.47 Å². The molecule has 6 heteroatoms. The first kappa shape index (κ1) is 27.5. The van der Waals surface area contributed by atoms with Crippen molar-refractivity contribution in [3.8, 4) is 0 Å². The summed E-state index contributed by atoms with van der Waals surface area (Å²) in [5.41, 5.74) is 1.03. The predicted octanol–water partition coefficient (Wildman–Crippen LogP) is 6.38. The monoisotopic (exact) mass is 521 g/mol. The summed E-state index contributed by atoms with van der Waals surface area (Å²) in [5.74, 6) is 2.12. The number of rotatable bonds is 12. The highest BCUT2D eigenvalue weighted by atomic mass is 32.2. The number of esters is 1. The lowest BCUT2D eigenvalue weighted by Crippen LogP contribution is -2.39. The SMILES string of the molecule is CCOC(=O)C(C)(C)OC1=CC[C@H]1C[C@H]1CN(Cc2ccccc2)CC1C(=O)c1ccc(SCC)cc1. The van der Waals surface area contributed by atoms with Crippen molar-refractivity contribution in [2.24, 2.45) is 17.8 Å². The predicted molar refractivity (Wildman–Crippen MR) is 148 cm³/mol. The number of carbonyl (C=O) groups excluding carboxylic acids is 2. The quantitative estimate of drug-likeness (QED) is 0.183. The van der Waals surface area contributed by atoms with Gasteiger partial charge in [0.2, 0.25) is 0 Å². The second-order valence-electron chi connectivity index (χ2n) is 10.5. The highest BCUT2D eigenvalue weighted by Crippen LogP contribution is 2.41. The van der Waals surface area contributed by atoms with E-state index in [0.717, 1.165) is 49.6 Å². The van der Waals surface area contributed by atoms with Crippen LogP contribution in [0.1, 0.15) is 56.5 Å². The zero-order valence-electron chi connectivity index (χ0n) is 22.4. The molecule has 3 atom stereocenters. The minimum absolute atomic E-state index is 0.0618. The molecular weight excluding hydrogens is 482 g/mol. The first-order valence-electron chi connectivity index (χ1n) is 13.4. The van der Waals surface area contributed by atoms with Crippen LogP contribution in [-0.2, 0) is 20.8 Å². The fourth-order valence-electron chi connectivity index (χ4n) is 5.29. The zero-order valence-corrected chi connectivity index (χ0v) is 23.3. The van der Waals surface area contributed by atoms with Crippen molar-refractivity contribution in [1.82, 2.24) is 4.90 Å². The number of Topliss-reactive ketones (excluding diaryl/α,β-unsaturated/α-hetero) is 1. The highest BCUT2D eigenvalue weighted by Gasteiger charge is 2.42. The fraction of sp³-hybridized carbons (Fsp3) is 0.484. The molecule has 0 bridgehead atoms. The van der Waals surface area contributed by atoms with E-state index in [4.69, 9.17) is 9.47 Å². The van der Waals surface area contributed by atoms with Crippen LogP contribution in [0, 0.1) is 17.8 Å². The molecular formula is C31H39NO4S. The number of benzene rings is 2. The van der Waals surface area contributed by atoms with E-state index in [0.29, 0.717) is 6.61 Å². The van der Waals surface area contributed by atoms with E-state index in [1.54, 1.807) is 32.5 Å². The average molecular weight is 522 g/mol. The van der Waals surface area contributed by atoms with Gasteiger partial charge in [-0.1, -0.05) is 49.4 Å². The van der Waals surface area contributed by atoms with Crippen molar-refractivity contribution >= 4 is 23.5 Å². The van der Waals surface area contributed by atoms with Crippen LogP contribution in [-0.4, -0.2) is 47.7 Å². The van der Waals surface area contributed by atoms with Crippen LogP contribution in [0.25, 0.3) is 0 Å². The van der Waals surface area contributed by atoms with Gasteiger partial charge in [0.25, 0.3) is 0 Å².